The fourth-order valence-corrected chi connectivity index (χ4v) is 5.35. The second kappa shape index (κ2) is 6.49. The van der Waals surface area contributed by atoms with Gasteiger partial charge in [0.25, 0.3) is 5.91 Å². The van der Waals surface area contributed by atoms with Crippen molar-refractivity contribution >= 4 is 66.9 Å². The molecule has 1 amide bonds. The van der Waals surface area contributed by atoms with Crippen LogP contribution in [0, 0.1) is 13.8 Å². The number of fused-ring (bicyclic) bond motifs is 1. The second-order valence-corrected chi connectivity index (χ2v) is 9.00. The lowest BCUT2D eigenvalue weighted by atomic mass is 10.2. The third kappa shape index (κ3) is 3.20. The van der Waals surface area contributed by atoms with Gasteiger partial charge in [0.05, 0.1) is 9.90 Å². The highest BCUT2D eigenvalue weighted by Crippen LogP contribution is 2.36. The number of halogens is 1. The molecule has 0 atom stereocenters. The summed E-state index contributed by atoms with van der Waals surface area (Å²) in [5.74, 6) is 0.380. The molecule has 126 valence electrons. The Kier molecular flexibility index (Phi) is 4.33. The highest BCUT2D eigenvalue weighted by Gasteiger charge is 2.19. The van der Waals surface area contributed by atoms with E-state index in [1.54, 1.807) is 11.3 Å². The van der Waals surface area contributed by atoms with E-state index in [1.165, 1.54) is 27.7 Å². The van der Waals surface area contributed by atoms with E-state index in [0.717, 1.165) is 20.5 Å². The maximum absolute atomic E-state index is 12.6. The Morgan fingerprint density at radius 2 is 2.00 bits per heavy atom. The van der Waals surface area contributed by atoms with Gasteiger partial charge in [-0.25, -0.2) is 0 Å². The number of aromatic nitrogens is 2. The van der Waals surface area contributed by atoms with Gasteiger partial charge in [-0.05, 0) is 37.6 Å². The lowest BCUT2D eigenvalue weighted by molar-refractivity contribution is 0.103. The maximum Gasteiger partial charge on any atom is 0.269 e. The van der Waals surface area contributed by atoms with Crippen LogP contribution in [0.4, 0.5) is 5.13 Å². The van der Waals surface area contributed by atoms with Gasteiger partial charge in [-0.2, -0.15) is 9.36 Å². The fourth-order valence-electron chi connectivity index (χ4n) is 2.40. The third-order valence-corrected chi connectivity index (χ3v) is 6.88. The maximum atomic E-state index is 12.6. The van der Waals surface area contributed by atoms with Crippen LogP contribution >= 0.6 is 45.8 Å². The van der Waals surface area contributed by atoms with E-state index in [4.69, 9.17) is 11.6 Å². The van der Waals surface area contributed by atoms with Crippen LogP contribution in [-0.2, 0) is 0 Å². The molecule has 0 aliphatic rings. The van der Waals surface area contributed by atoms with Gasteiger partial charge in [-0.1, -0.05) is 23.7 Å². The number of carbonyl (C=O) groups excluding carboxylic acids is 1. The summed E-state index contributed by atoms with van der Waals surface area (Å²) < 4.78 is 5.32. The van der Waals surface area contributed by atoms with Crippen molar-refractivity contribution in [2.24, 2.45) is 0 Å². The van der Waals surface area contributed by atoms with Crippen LogP contribution < -0.4 is 5.32 Å². The predicted molar refractivity (Wildman–Crippen MR) is 107 cm³/mol. The number of benzene rings is 1. The van der Waals surface area contributed by atoms with E-state index < -0.39 is 0 Å². The van der Waals surface area contributed by atoms with Crippen LogP contribution in [0.15, 0.2) is 30.3 Å². The van der Waals surface area contributed by atoms with Crippen LogP contribution in [-0.4, -0.2) is 15.3 Å². The standard InChI is InChI=1S/C17H12ClN3OS3/c1-8-3-5-10-12(7-8)24-14(13(10)18)16(22)20-17-19-15(21-25-17)11-6-4-9(2)23-11/h3-7H,1-2H3,(H,19,20,21,22). The molecule has 4 rings (SSSR count). The molecule has 0 saturated heterocycles. The minimum atomic E-state index is -0.256. The van der Waals surface area contributed by atoms with E-state index in [0.29, 0.717) is 20.9 Å². The Labute approximate surface area is 161 Å². The van der Waals surface area contributed by atoms with Gasteiger partial charge in [0, 0.05) is 26.5 Å². The molecule has 3 aromatic heterocycles. The molecular weight excluding hydrogens is 394 g/mol. The van der Waals surface area contributed by atoms with Gasteiger partial charge in [-0.15, -0.1) is 22.7 Å². The van der Waals surface area contributed by atoms with Crippen molar-refractivity contribution in [3.63, 3.8) is 0 Å². The monoisotopic (exact) mass is 405 g/mol. The van der Waals surface area contributed by atoms with Gasteiger partial charge in [-0.3, -0.25) is 10.1 Å². The first-order valence-corrected chi connectivity index (χ1v) is 10.2. The zero-order chi connectivity index (χ0) is 17.6. The summed E-state index contributed by atoms with van der Waals surface area (Å²) in [6, 6.07) is 9.98. The number of nitrogens with zero attached hydrogens (tertiary/aromatic N) is 2. The average molecular weight is 406 g/mol. The molecule has 3 heterocycles. The van der Waals surface area contributed by atoms with Crippen molar-refractivity contribution in [1.29, 1.82) is 0 Å². The summed E-state index contributed by atoms with van der Waals surface area (Å²) in [6.07, 6.45) is 0. The zero-order valence-electron chi connectivity index (χ0n) is 13.3. The summed E-state index contributed by atoms with van der Waals surface area (Å²) >= 11 is 10.6. The van der Waals surface area contributed by atoms with Gasteiger partial charge >= 0.3 is 0 Å². The van der Waals surface area contributed by atoms with E-state index in [-0.39, 0.29) is 5.91 Å². The quantitative estimate of drug-likeness (QED) is 0.454. The highest BCUT2D eigenvalue weighted by atomic mass is 35.5. The number of rotatable bonds is 3. The molecule has 4 aromatic rings. The summed E-state index contributed by atoms with van der Waals surface area (Å²) in [5, 5.41) is 4.66. The lowest BCUT2D eigenvalue weighted by Gasteiger charge is -1.98. The van der Waals surface area contributed by atoms with Gasteiger partial charge in [0.2, 0.25) is 5.13 Å². The Bertz CT molecular complexity index is 1100. The van der Waals surface area contributed by atoms with Gasteiger partial charge in [0.15, 0.2) is 5.82 Å². The first-order chi connectivity index (χ1) is 12.0. The van der Waals surface area contributed by atoms with Crippen LogP contribution in [0.1, 0.15) is 20.1 Å². The number of amides is 1. The van der Waals surface area contributed by atoms with Crippen molar-refractivity contribution in [2.75, 3.05) is 5.32 Å². The first-order valence-electron chi connectivity index (χ1n) is 7.42. The Morgan fingerprint density at radius 1 is 1.16 bits per heavy atom. The summed E-state index contributed by atoms with van der Waals surface area (Å²) in [5.41, 5.74) is 1.14. The van der Waals surface area contributed by atoms with Crippen molar-refractivity contribution in [2.45, 2.75) is 13.8 Å². The SMILES string of the molecule is Cc1ccc2c(Cl)c(C(=O)Nc3nc(-c4ccc(C)s4)ns3)sc2c1. The van der Waals surface area contributed by atoms with E-state index >= 15 is 0 Å². The molecule has 0 unspecified atom stereocenters. The molecule has 0 aliphatic heterocycles. The number of aryl methyl sites for hydroxylation is 2. The number of nitrogens with one attached hydrogen (secondary N) is 1. The van der Waals surface area contributed by atoms with Crippen LogP contribution in [0.2, 0.25) is 5.02 Å². The normalized spacial score (nSPS) is 11.2. The lowest BCUT2D eigenvalue weighted by Crippen LogP contribution is -2.10. The van der Waals surface area contributed by atoms with Crippen molar-refractivity contribution in [3.05, 3.63) is 50.7 Å². The number of anilines is 1. The summed E-state index contributed by atoms with van der Waals surface area (Å²) in [4.78, 5) is 19.7. The van der Waals surface area contributed by atoms with Gasteiger partial charge in [0.1, 0.15) is 4.88 Å². The van der Waals surface area contributed by atoms with E-state index in [1.807, 2.05) is 44.2 Å². The minimum Gasteiger partial charge on any atom is -0.296 e. The van der Waals surface area contributed by atoms with Crippen molar-refractivity contribution < 1.29 is 4.79 Å². The number of carbonyl (C=O) groups is 1. The van der Waals surface area contributed by atoms with Gasteiger partial charge < -0.3 is 0 Å². The molecule has 4 nitrogen and oxygen atoms in total. The number of hydrogen-bond donors (Lipinski definition) is 1. The zero-order valence-corrected chi connectivity index (χ0v) is 16.5. The first kappa shape index (κ1) is 16.7. The Hall–Kier alpha value is -1.80. The smallest absolute Gasteiger partial charge is 0.269 e. The molecule has 8 heteroatoms. The Morgan fingerprint density at radius 3 is 2.76 bits per heavy atom. The number of thiophene rings is 2. The van der Waals surface area contributed by atoms with Crippen LogP contribution in [0.3, 0.4) is 0 Å². The molecule has 0 fully saturated rings. The van der Waals surface area contributed by atoms with Crippen molar-refractivity contribution in [3.8, 4) is 10.7 Å². The molecule has 0 radical (unpaired) electrons. The van der Waals surface area contributed by atoms with Crippen molar-refractivity contribution in [1.82, 2.24) is 9.36 Å². The molecule has 1 N–H and O–H groups in total. The van der Waals surface area contributed by atoms with E-state index in [9.17, 15) is 4.79 Å². The molecule has 0 spiro atoms. The molecule has 25 heavy (non-hydrogen) atoms. The van der Waals surface area contributed by atoms with Crippen LogP contribution in [0.5, 0.6) is 0 Å². The average Bonchev–Trinajstić information content (AvgIpc) is 3.27. The second-order valence-electron chi connectivity index (χ2n) is 5.53. The molecular formula is C17H12ClN3OS3. The predicted octanol–water partition coefficient (Wildman–Crippen LogP) is 6.00. The van der Waals surface area contributed by atoms with E-state index in [2.05, 4.69) is 14.7 Å². The van der Waals surface area contributed by atoms with Crippen LogP contribution in [0.25, 0.3) is 20.8 Å². The largest absolute Gasteiger partial charge is 0.296 e. The number of hydrogen-bond acceptors (Lipinski definition) is 6. The minimum absolute atomic E-state index is 0.256. The third-order valence-electron chi connectivity index (χ3n) is 3.60. The summed E-state index contributed by atoms with van der Waals surface area (Å²) in [6.45, 7) is 4.05. The summed E-state index contributed by atoms with van der Waals surface area (Å²) in [7, 11) is 0. The fraction of sp³-hybridized carbons (Fsp3) is 0.118. The highest BCUT2D eigenvalue weighted by molar-refractivity contribution is 7.21. The molecule has 1 aromatic carbocycles. The molecule has 0 aliphatic carbocycles. The topological polar surface area (TPSA) is 54.9 Å². The molecule has 0 saturated carbocycles. The Balaban J connectivity index is 1.60. The molecule has 0 bridgehead atoms.